The van der Waals surface area contributed by atoms with Gasteiger partial charge in [0.2, 0.25) is 5.91 Å². The molecule has 0 radical (unpaired) electrons. The molecule has 0 aromatic rings. The molecule has 104 valence electrons. The van der Waals surface area contributed by atoms with Gasteiger partial charge in [0, 0.05) is 17.1 Å². The van der Waals surface area contributed by atoms with E-state index in [0.717, 1.165) is 5.75 Å². The molecule has 5 nitrogen and oxygen atoms in total. The molecule has 0 spiro atoms. The van der Waals surface area contributed by atoms with Crippen molar-refractivity contribution in [3.05, 3.63) is 0 Å². The predicted molar refractivity (Wildman–Crippen MR) is 75.0 cm³/mol. The summed E-state index contributed by atoms with van der Waals surface area (Å²) in [6, 6.07) is 0.139. The number of hydrogen-bond donors (Lipinski definition) is 1. The van der Waals surface area contributed by atoms with E-state index in [0.29, 0.717) is 11.6 Å². The van der Waals surface area contributed by atoms with Crippen molar-refractivity contribution in [1.82, 2.24) is 4.90 Å². The van der Waals surface area contributed by atoms with Gasteiger partial charge in [-0.15, -0.1) is 11.8 Å². The Morgan fingerprint density at radius 1 is 1.61 bits per heavy atom. The molecule has 0 unspecified atom stereocenters. The molecule has 1 aliphatic heterocycles. The topological polar surface area (TPSA) is 65.0 Å². The quantitative estimate of drug-likeness (QED) is 0.463. The van der Waals surface area contributed by atoms with Crippen LogP contribution in [0.15, 0.2) is 4.99 Å². The Hall–Kier alpha value is -0.560. The first-order valence-corrected chi connectivity index (χ1v) is 7.51. The molecule has 0 aliphatic carbocycles. The third-order valence-corrected chi connectivity index (χ3v) is 3.75. The van der Waals surface area contributed by atoms with Crippen LogP contribution < -0.4 is 5.11 Å². The molecule has 0 aromatic carbocycles. The minimum atomic E-state index is -0.690. The minimum Gasteiger partial charge on any atom is -0.595 e. The lowest BCUT2D eigenvalue weighted by Crippen LogP contribution is -2.40. The molecule has 7 heteroatoms. The summed E-state index contributed by atoms with van der Waals surface area (Å²) in [6.45, 7) is 5.13. The number of thioether (sulfide) groups is 1. The van der Waals surface area contributed by atoms with Crippen LogP contribution in [0, 0.1) is 0 Å². The van der Waals surface area contributed by atoms with Crippen LogP contribution in [-0.2, 0) is 9.53 Å². The standard InChI is InChI=1S/C11H20N2O3S2/c1-11(2,3)16-10(15)12-4-9(14)13-7-18-6-8(13)5-17/h8,17H,4-7H2,1-3H3,(H,12,15)/p-1/t8-/m0/s1. The van der Waals surface area contributed by atoms with Crippen LogP contribution in [-0.4, -0.2) is 52.5 Å². The maximum absolute atomic E-state index is 11.9. The molecule has 1 rings (SSSR count). The predicted octanol–water partition coefficient (Wildman–Crippen LogP) is 0.349. The number of carbonyl (C=O) groups excluding carboxylic acids is 1. The first kappa shape index (κ1) is 15.5. The molecule has 0 aromatic heterocycles. The second-order valence-electron chi connectivity index (χ2n) is 5.00. The van der Waals surface area contributed by atoms with Crippen molar-refractivity contribution in [1.29, 1.82) is 0 Å². The van der Waals surface area contributed by atoms with Gasteiger partial charge in [-0.2, -0.15) is 12.6 Å². The summed E-state index contributed by atoms with van der Waals surface area (Å²) < 4.78 is 5.01. The fraction of sp³-hybridized carbons (Fsp3) is 0.818. The van der Waals surface area contributed by atoms with E-state index < -0.39 is 11.7 Å². The van der Waals surface area contributed by atoms with Gasteiger partial charge in [0.1, 0.15) is 12.6 Å². The summed E-state index contributed by atoms with van der Waals surface area (Å²) in [5.74, 6) is 2.02. The van der Waals surface area contributed by atoms with E-state index in [4.69, 9.17) is 4.74 Å². The highest BCUT2D eigenvalue weighted by atomic mass is 32.2. The first-order valence-electron chi connectivity index (χ1n) is 5.72. The fourth-order valence-corrected chi connectivity index (χ4v) is 3.15. The number of aliphatic imine (C=N–C) groups is 1. The molecular weight excluding hydrogens is 272 g/mol. The number of ether oxygens (including phenoxy) is 1. The molecule has 0 bridgehead atoms. The lowest BCUT2D eigenvalue weighted by atomic mass is 10.2. The van der Waals surface area contributed by atoms with Crippen LogP contribution in [0.2, 0.25) is 0 Å². The molecule has 1 amide bonds. The molecule has 18 heavy (non-hydrogen) atoms. The van der Waals surface area contributed by atoms with Crippen LogP contribution in [0.3, 0.4) is 0 Å². The Bertz CT molecular complexity index is 329. The third kappa shape index (κ3) is 4.97. The average Bonchev–Trinajstić information content (AvgIpc) is 2.71. The number of amides is 1. The maximum Gasteiger partial charge on any atom is 0.245 e. The normalized spacial score (nSPS) is 21.2. The minimum absolute atomic E-state index is 0.139. The second-order valence-corrected chi connectivity index (χ2v) is 6.36. The molecule has 0 saturated carbocycles. The van der Waals surface area contributed by atoms with E-state index in [9.17, 15) is 9.90 Å². The van der Waals surface area contributed by atoms with E-state index in [-0.39, 0.29) is 18.5 Å². The summed E-state index contributed by atoms with van der Waals surface area (Å²) in [7, 11) is 0. The number of carbonyl (C=O) groups is 1. The average molecular weight is 291 g/mol. The van der Waals surface area contributed by atoms with E-state index in [2.05, 4.69) is 17.6 Å². The first-order chi connectivity index (χ1) is 8.33. The zero-order valence-corrected chi connectivity index (χ0v) is 12.6. The van der Waals surface area contributed by atoms with E-state index >= 15 is 0 Å². The van der Waals surface area contributed by atoms with Crippen LogP contribution in [0.5, 0.6) is 0 Å². The maximum atomic E-state index is 11.9. The SMILES string of the molecule is CC(C)(C)OC([O-])=NCC(=O)N1CSC[C@@H]1CS. The van der Waals surface area contributed by atoms with Crippen LogP contribution in [0.25, 0.3) is 0 Å². The Balaban J connectivity index is 2.47. The van der Waals surface area contributed by atoms with Crippen molar-refractivity contribution in [3.8, 4) is 0 Å². The largest absolute Gasteiger partial charge is 0.595 e. The highest BCUT2D eigenvalue weighted by molar-refractivity contribution is 7.99. The Morgan fingerprint density at radius 3 is 2.83 bits per heavy atom. The van der Waals surface area contributed by atoms with Crippen LogP contribution in [0.4, 0.5) is 0 Å². The summed E-state index contributed by atoms with van der Waals surface area (Å²) in [4.78, 5) is 17.2. The Morgan fingerprint density at radius 2 is 2.28 bits per heavy atom. The molecule has 1 saturated heterocycles. The monoisotopic (exact) mass is 291 g/mol. The molecule has 1 atom stereocenters. The number of rotatable bonds is 3. The molecule has 1 fully saturated rings. The van der Waals surface area contributed by atoms with Crippen LogP contribution in [0.1, 0.15) is 20.8 Å². The van der Waals surface area contributed by atoms with E-state index in [1.165, 1.54) is 0 Å². The van der Waals surface area contributed by atoms with E-state index in [1.807, 2.05) is 0 Å². The van der Waals surface area contributed by atoms with Crippen molar-refractivity contribution < 1.29 is 14.6 Å². The van der Waals surface area contributed by atoms with Gasteiger partial charge in [-0.05, 0) is 0 Å². The highest BCUT2D eigenvalue weighted by Crippen LogP contribution is 2.21. The molecule has 1 heterocycles. The summed E-state index contributed by atoms with van der Waals surface area (Å²) in [6.07, 6.45) is -0.690. The Kier molecular flexibility index (Phi) is 5.65. The van der Waals surface area contributed by atoms with Gasteiger partial charge >= 0.3 is 0 Å². The van der Waals surface area contributed by atoms with Gasteiger partial charge in [0.05, 0.1) is 11.9 Å². The summed E-state index contributed by atoms with van der Waals surface area (Å²) in [5, 5.41) is 11.3. The van der Waals surface area contributed by atoms with Gasteiger partial charge in [-0.25, -0.2) is 0 Å². The second kappa shape index (κ2) is 6.56. The van der Waals surface area contributed by atoms with Gasteiger partial charge in [-0.3, -0.25) is 9.79 Å². The number of hydrogen-bond acceptors (Lipinski definition) is 6. The van der Waals surface area contributed by atoms with Crippen molar-refractivity contribution in [2.75, 3.05) is 23.9 Å². The number of thiol groups is 1. The lowest BCUT2D eigenvalue weighted by molar-refractivity contribution is -0.260. The van der Waals surface area contributed by atoms with Crippen molar-refractivity contribution >= 4 is 36.4 Å². The third-order valence-electron chi connectivity index (χ3n) is 2.25. The Labute approximate surface area is 117 Å². The fourth-order valence-electron chi connectivity index (χ4n) is 1.43. The van der Waals surface area contributed by atoms with Crippen LogP contribution >= 0.6 is 24.4 Å². The zero-order chi connectivity index (χ0) is 13.8. The zero-order valence-electron chi connectivity index (χ0n) is 10.9. The van der Waals surface area contributed by atoms with Gasteiger partial charge in [0.15, 0.2) is 0 Å². The summed E-state index contributed by atoms with van der Waals surface area (Å²) in [5.41, 5.74) is -0.583. The summed E-state index contributed by atoms with van der Waals surface area (Å²) >= 11 is 5.89. The van der Waals surface area contributed by atoms with Gasteiger partial charge in [0.25, 0.3) is 0 Å². The van der Waals surface area contributed by atoms with E-state index in [1.54, 1.807) is 37.4 Å². The molecule has 1 aliphatic rings. The smallest absolute Gasteiger partial charge is 0.245 e. The van der Waals surface area contributed by atoms with Crippen molar-refractivity contribution in [3.63, 3.8) is 0 Å². The number of nitrogens with zero attached hydrogens (tertiary/aromatic N) is 2. The highest BCUT2D eigenvalue weighted by Gasteiger charge is 2.27. The molecule has 0 N–H and O–H groups in total. The molecular formula is C11H19N2O3S2-. The van der Waals surface area contributed by atoms with Crippen molar-refractivity contribution in [2.45, 2.75) is 32.4 Å². The van der Waals surface area contributed by atoms with Crippen molar-refractivity contribution in [2.24, 2.45) is 4.99 Å². The lowest BCUT2D eigenvalue weighted by Gasteiger charge is -2.29. The van der Waals surface area contributed by atoms with Gasteiger partial charge < -0.3 is 14.7 Å². The van der Waals surface area contributed by atoms with Gasteiger partial charge in [-0.1, -0.05) is 20.8 Å².